The van der Waals surface area contributed by atoms with E-state index in [1.807, 2.05) is 42.5 Å². The highest BCUT2D eigenvalue weighted by Gasteiger charge is 2.40. The molecule has 1 fully saturated rings. The van der Waals surface area contributed by atoms with E-state index in [1.54, 1.807) is 12.1 Å². The molecule has 0 aromatic heterocycles. The first-order valence-electron chi connectivity index (χ1n) is 6.47. The fourth-order valence-electron chi connectivity index (χ4n) is 2.60. The summed E-state index contributed by atoms with van der Waals surface area (Å²) in [5.74, 6) is -0.288. The van der Waals surface area contributed by atoms with E-state index in [-0.39, 0.29) is 11.8 Å². The average Bonchev–Trinajstić information content (AvgIpc) is 2.76. The van der Waals surface area contributed by atoms with Crippen molar-refractivity contribution in [2.24, 2.45) is 0 Å². The zero-order valence-electron chi connectivity index (χ0n) is 10.7. The second-order valence-corrected chi connectivity index (χ2v) is 5.31. The molecule has 20 heavy (non-hydrogen) atoms. The number of aliphatic hydroxyl groups excluding tert-OH is 1. The summed E-state index contributed by atoms with van der Waals surface area (Å²) < 4.78 is 0. The molecular formula is C16H14ClNO2. The van der Waals surface area contributed by atoms with E-state index in [0.717, 1.165) is 11.3 Å². The summed E-state index contributed by atoms with van der Waals surface area (Å²) >= 11 is 5.87. The standard InChI is InChI=1S/C16H14ClNO2/c17-12-8-6-11(7-9-12)14-10-15(19)18(16(14)20)13-4-2-1-3-5-13/h1-9,14,16,20H,10H2/t14-,16+/m1/s1. The van der Waals surface area contributed by atoms with E-state index >= 15 is 0 Å². The van der Waals surface area contributed by atoms with E-state index in [4.69, 9.17) is 11.6 Å². The van der Waals surface area contributed by atoms with Crippen LogP contribution in [0.2, 0.25) is 5.02 Å². The minimum absolute atomic E-state index is 0.0661. The van der Waals surface area contributed by atoms with Crippen LogP contribution in [0.1, 0.15) is 17.9 Å². The number of carbonyl (C=O) groups excluding carboxylic acids is 1. The van der Waals surface area contributed by atoms with Gasteiger partial charge in [-0.05, 0) is 29.8 Å². The normalized spacial score (nSPS) is 22.3. The molecule has 0 spiro atoms. The molecule has 4 heteroatoms. The minimum Gasteiger partial charge on any atom is -0.372 e. The van der Waals surface area contributed by atoms with E-state index in [9.17, 15) is 9.90 Å². The molecule has 1 saturated heterocycles. The molecule has 1 amide bonds. The number of hydrogen-bond donors (Lipinski definition) is 1. The van der Waals surface area contributed by atoms with E-state index < -0.39 is 6.23 Å². The summed E-state index contributed by atoms with van der Waals surface area (Å²) in [7, 11) is 0. The second-order valence-electron chi connectivity index (χ2n) is 4.88. The van der Waals surface area contributed by atoms with Crippen molar-refractivity contribution in [3.63, 3.8) is 0 Å². The van der Waals surface area contributed by atoms with Gasteiger partial charge in [-0.25, -0.2) is 0 Å². The minimum atomic E-state index is -0.842. The first kappa shape index (κ1) is 13.2. The molecule has 102 valence electrons. The highest BCUT2D eigenvalue weighted by atomic mass is 35.5. The van der Waals surface area contributed by atoms with Gasteiger partial charge in [-0.2, -0.15) is 0 Å². The number of rotatable bonds is 2. The number of para-hydroxylation sites is 1. The third-order valence-corrected chi connectivity index (χ3v) is 3.87. The van der Waals surface area contributed by atoms with Crippen molar-refractivity contribution < 1.29 is 9.90 Å². The van der Waals surface area contributed by atoms with Gasteiger partial charge in [0.2, 0.25) is 5.91 Å². The van der Waals surface area contributed by atoms with Crippen molar-refractivity contribution >= 4 is 23.2 Å². The highest BCUT2D eigenvalue weighted by molar-refractivity contribution is 6.30. The van der Waals surface area contributed by atoms with Crippen LogP contribution < -0.4 is 4.90 Å². The molecule has 1 N–H and O–H groups in total. The van der Waals surface area contributed by atoms with Gasteiger partial charge >= 0.3 is 0 Å². The van der Waals surface area contributed by atoms with Crippen molar-refractivity contribution in [2.45, 2.75) is 18.6 Å². The molecule has 2 aromatic rings. The van der Waals surface area contributed by atoms with Crippen LogP contribution in [-0.4, -0.2) is 17.2 Å². The fraction of sp³-hybridized carbons (Fsp3) is 0.188. The first-order chi connectivity index (χ1) is 9.66. The van der Waals surface area contributed by atoms with Crippen molar-refractivity contribution in [1.29, 1.82) is 0 Å². The summed E-state index contributed by atoms with van der Waals surface area (Å²) in [6, 6.07) is 16.5. The summed E-state index contributed by atoms with van der Waals surface area (Å²) in [4.78, 5) is 13.6. The molecule has 0 aliphatic carbocycles. The van der Waals surface area contributed by atoms with Gasteiger partial charge in [0.15, 0.2) is 0 Å². The lowest BCUT2D eigenvalue weighted by Gasteiger charge is -2.23. The number of anilines is 1. The molecular weight excluding hydrogens is 274 g/mol. The summed E-state index contributed by atoms with van der Waals surface area (Å²) in [5.41, 5.74) is 1.65. The van der Waals surface area contributed by atoms with Crippen molar-refractivity contribution in [2.75, 3.05) is 4.90 Å². The van der Waals surface area contributed by atoms with Gasteiger partial charge in [0.25, 0.3) is 0 Å². The van der Waals surface area contributed by atoms with E-state index in [2.05, 4.69) is 0 Å². The monoisotopic (exact) mass is 287 g/mol. The second kappa shape index (κ2) is 5.27. The van der Waals surface area contributed by atoms with Crippen LogP contribution in [0.15, 0.2) is 54.6 Å². The predicted octanol–water partition coefficient (Wildman–Crippen LogP) is 3.18. The van der Waals surface area contributed by atoms with Gasteiger partial charge in [-0.3, -0.25) is 9.69 Å². The Hall–Kier alpha value is -1.84. The summed E-state index contributed by atoms with van der Waals surface area (Å²) in [6.45, 7) is 0. The number of amides is 1. The molecule has 3 nitrogen and oxygen atoms in total. The molecule has 0 unspecified atom stereocenters. The number of aliphatic hydroxyl groups is 1. The SMILES string of the molecule is O=C1C[C@H](c2ccc(Cl)cc2)[C@H](O)N1c1ccccc1. The molecule has 0 saturated carbocycles. The maximum atomic E-state index is 12.2. The lowest BCUT2D eigenvalue weighted by atomic mass is 9.97. The molecule has 3 rings (SSSR count). The van der Waals surface area contributed by atoms with Gasteiger partial charge in [0.05, 0.1) is 0 Å². The van der Waals surface area contributed by atoms with Gasteiger partial charge in [-0.15, -0.1) is 0 Å². The number of halogens is 1. The third-order valence-electron chi connectivity index (χ3n) is 3.62. The quantitative estimate of drug-likeness (QED) is 0.921. The van der Waals surface area contributed by atoms with Crippen LogP contribution in [-0.2, 0) is 4.79 Å². The number of nitrogens with zero attached hydrogens (tertiary/aromatic N) is 1. The predicted molar refractivity (Wildman–Crippen MR) is 78.7 cm³/mol. The van der Waals surface area contributed by atoms with E-state index in [1.165, 1.54) is 4.90 Å². The molecule has 2 atom stereocenters. The van der Waals surface area contributed by atoms with Gasteiger partial charge in [0.1, 0.15) is 6.23 Å². The zero-order chi connectivity index (χ0) is 14.1. The van der Waals surface area contributed by atoms with Crippen molar-refractivity contribution in [3.05, 3.63) is 65.2 Å². The topological polar surface area (TPSA) is 40.5 Å². The van der Waals surface area contributed by atoms with Gasteiger partial charge < -0.3 is 5.11 Å². The van der Waals surface area contributed by atoms with Crippen LogP contribution >= 0.6 is 11.6 Å². The molecule has 1 heterocycles. The van der Waals surface area contributed by atoms with Crippen molar-refractivity contribution in [1.82, 2.24) is 0 Å². The highest BCUT2D eigenvalue weighted by Crippen LogP contribution is 2.36. The van der Waals surface area contributed by atoms with Gasteiger partial charge in [-0.1, -0.05) is 41.9 Å². The van der Waals surface area contributed by atoms with Crippen LogP contribution in [0.4, 0.5) is 5.69 Å². The number of benzene rings is 2. The lowest BCUT2D eigenvalue weighted by molar-refractivity contribution is -0.117. The largest absolute Gasteiger partial charge is 0.372 e. The smallest absolute Gasteiger partial charge is 0.229 e. The molecule has 2 aromatic carbocycles. The maximum Gasteiger partial charge on any atom is 0.229 e. The van der Waals surface area contributed by atoms with Crippen LogP contribution in [0.5, 0.6) is 0 Å². The molecule has 0 bridgehead atoms. The summed E-state index contributed by atoms with van der Waals surface area (Å²) in [5, 5.41) is 11.1. The van der Waals surface area contributed by atoms with E-state index in [0.29, 0.717) is 11.4 Å². The summed E-state index contributed by atoms with van der Waals surface area (Å²) in [6.07, 6.45) is -0.538. The lowest BCUT2D eigenvalue weighted by Crippen LogP contribution is -2.34. The fourth-order valence-corrected chi connectivity index (χ4v) is 2.73. The Morgan fingerprint density at radius 1 is 1.05 bits per heavy atom. The Morgan fingerprint density at radius 3 is 2.35 bits per heavy atom. The Morgan fingerprint density at radius 2 is 1.70 bits per heavy atom. The third kappa shape index (κ3) is 2.30. The molecule has 1 aliphatic heterocycles. The Kier molecular flexibility index (Phi) is 3.47. The molecule has 1 aliphatic rings. The van der Waals surface area contributed by atoms with Crippen LogP contribution in [0.3, 0.4) is 0 Å². The number of hydrogen-bond acceptors (Lipinski definition) is 2. The number of carbonyl (C=O) groups is 1. The Balaban J connectivity index is 1.90. The van der Waals surface area contributed by atoms with Gasteiger partial charge in [0, 0.05) is 23.0 Å². The Labute approximate surface area is 122 Å². The first-order valence-corrected chi connectivity index (χ1v) is 6.85. The average molecular weight is 288 g/mol. The van der Waals surface area contributed by atoms with Crippen LogP contribution in [0, 0.1) is 0 Å². The van der Waals surface area contributed by atoms with Crippen molar-refractivity contribution in [3.8, 4) is 0 Å². The zero-order valence-corrected chi connectivity index (χ0v) is 11.5. The maximum absolute atomic E-state index is 12.2. The molecule has 0 radical (unpaired) electrons. The van der Waals surface area contributed by atoms with Crippen LogP contribution in [0.25, 0.3) is 0 Å². The Bertz CT molecular complexity index is 612.